The standard InChI is InChI=1S/C27H53N3O/c1-3-5-7-9-11-13-15-17-19-21-27(31)29-23-25-30-24-22-28-26(30)20-18-16-14-12-10-8-6-4-2/h22,26H,3-21,23-25H2,1-2H3,(H,29,31). The van der Waals surface area contributed by atoms with E-state index in [1.54, 1.807) is 0 Å². The molecule has 31 heavy (non-hydrogen) atoms. The fraction of sp³-hybridized carbons (Fsp3) is 0.926. The number of amides is 1. The van der Waals surface area contributed by atoms with Crippen molar-refractivity contribution in [3.63, 3.8) is 0 Å². The fourth-order valence-corrected chi connectivity index (χ4v) is 4.47. The first-order valence-electron chi connectivity index (χ1n) is 13.8. The first-order valence-corrected chi connectivity index (χ1v) is 13.8. The molecule has 0 aliphatic carbocycles. The van der Waals surface area contributed by atoms with Crippen molar-refractivity contribution in [3.05, 3.63) is 0 Å². The molecule has 1 rings (SSSR count). The molecule has 1 aliphatic heterocycles. The molecular formula is C27H53N3O. The van der Waals surface area contributed by atoms with Gasteiger partial charge in [0.25, 0.3) is 0 Å². The molecule has 1 N–H and O–H groups in total. The van der Waals surface area contributed by atoms with Crippen LogP contribution in [0, 0.1) is 0 Å². The molecule has 182 valence electrons. The molecule has 0 spiro atoms. The smallest absolute Gasteiger partial charge is 0.220 e. The van der Waals surface area contributed by atoms with Gasteiger partial charge in [-0.2, -0.15) is 0 Å². The first-order chi connectivity index (χ1) is 15.3. The topological polar surface area (TPSA) is 44.7 Å². The van der Waals surface area contributed by atoms with Crippen molar-refractivity contribution in [1.82, 2.24) is 10.2 Å². The summed E-state index contributed by atoms with van der Waals surface area (Å²) in [5.41, 5.74) is 0. The lowest BCUT2D eigenvalue weighted by atomic mass is 10.1. The number of unbranched alkanes of at least 4 members (excludes halogenated alkanes) is 15. The average molecular weight is 436 g/mol. The number of carbonyl (C=O) groups is 1. The number of hydrogen-bond acceptors (Lipinski definition) is 3. The van der Waals surface area contributed by atoms with Crippen LogP contribution in [-0.4, -0.2) is 42.8 Å². The summed E-state index contributed by atoms with van der Waals surface area (Å²) in [6, 6.07) is 0. The van der Waals surface area contributed by atoms with Gasteiger partial charge in [0, 0.05) is 32.3 Å². The van der Waals surface area contributed by atoms with Gasteiger partial charge in [0.05, 0.1) is 0 Å². The molecule has 0 aromatic rings. The molecule has 0 radical (unpaired) electrons. The van der Waals surface area contributed by atoms with Gasteiger partial charge in [-0.05, 0) is 19.3 Å². The van der Waals surface area contributed by atoms with Crippen molar-refractivity contribution in [2.24, 2.45) is 4.99 Å². The molecule has 1 heterocycles. The average Bonchev–Trinajstić information content (AvgIpc) is 3.21. The van der Waals surface area contributed by atoms with Crippen LogP contribution >= 0.6 is 0 Å². The van der Waals surface area contributed by atoms with E-state index >= 15 is 0 Å². The first kappa shape index (κ1) is 28.1. The number of rotatable bonds is 22. The maximum Gasteiger partial charge on any atom is 0.220 e. The maximum atomic E-state index is 12.1. The molecular weight excluding hydrogens is 382 g/mol. The van der Waals surface area contributed by atoms with Crippen molar-refractivity contribution in [2.75, 3.05) is 19.6 Å². The highest BCUT2D eigenvalue weighted by Gasteiger charge is 2.20. The van der Waals surface area contributed by atoms with Gasteiger partial charge in [-0.15, -0.1) is 0 Å². The molecule has 4 nitrogen and oxygen atoms in total. The summed E-state index contributed by atoms with van der Waals surface area (Å²) < 4.78 is 0. The zero-order valence-electron chi connectivity index (χ0n) is 21.0. The molecule has 1 amide bonds. The molecule has 0 aromatic heterocycles. The zero-order valence-corrected chi connectivity index (χ0v) is 21.0. The quantitative estimate of drug-likeness (QED) is 0.182. The predicted molar refractivity (Wildman–Crippen MR) is 136 cm³/mol. The van der Waals surface area contributed by atoms with E-state index in [2.05, 4.69) is 35.3 Å². The number of aliphatic imine (C=N–C) groups is 1. The summed E-state index contributed by atoms with van der Waals surface area (Å²) in [6.07, 6.45) is 26.8. The molecule has 4 heteroatoms. The van der Waals surface area contributed by atoms with Crippen LogP contribution in [0.25, 0.3) is 0 Å². The van der Waals surface area contributed by atoms with Gasteiger partial charge in [0.1, 0.15) is 6.17 Å². The summed E-state index contributed by atoms with van der Waals surface area (Å²) >= 11 is 0. The highest BCUT2D eigenvalue weighted by Crippen LogP contribution is 2.16. The van der Waals surface area contributed by atoms with E-state index in [9.17, 15) is 4.79 Å². The van der Waals surface area contributed by atoms with Crippen molar-refractivity contribution >= 4 is 12.1 Å². The second kappa shape index (κ2) is 21.0. The lowest BCUT2D eigenvalue weighted by molar-refractivity contribution is -0.121. The summed E-state index contributed by atoms with van der Waals surface area (Å²) in [6.45, 7) is 7.16. The summed E-state index contributed by atoms with van der Waals surface area (Å²) in [7, 11) is 0. The van der Waals surface area contributed by atoms with E-state index in [0.717, 1.165) is 32.5 Å². The molecule has 0 fully saturated rings. The van der Waals surface area contributed by atoms with Crippen molar-refractivity contribution in [1.29, 1.82) is 0 Å². The molecule has 1 atom stereocenters. The molecule has 1 aliphatic rings. The van der Waals surface area contributed by atoms with E-state index in [1.165, 1.54) is 103 Å². The number of carbonyl (C=O) groups excluding carboxylic acids is 1. The Morgan fingerprint density at radius 1 is 0.806 bits per heavy atom. The van der Waals surface area contributed by atoms with Gasteiger partial charge >= 0.3 is 0 Å². The van der Waals surface area contributed by atoms with E-state index in [-0.39, 0.29) is 5.91 Å². The normalized spacial score (nSPS) is 16.3. The molecule has 0 bridgehead atoms. The Labute approximate surface area is 194 Å². The van der Waals surface area contributed by atoms with Crippen LogP contribution in [0.15, 0.2) is 4.99 Å². The second-order valence-electron chi connectivity index (χ2n) is 9.50. The Bertz CT molecular complexity index is 438. The molecule has 0 aromatic carbocycles. The van der Waals surface area contributed by atoms with Crippen LogP contribution in [0.3, 0.4) is 0 Å². The highest BCUT2D eigenvalue weighted by molar-refractivity contribution is 5.75. The predicted octanol–water partition coefficient (Wildman–Crippen LogP) is 7.27. The maximum absolute atomic E-state index is 12.1. The Hall–Kier alpha value is -0.900. The minimum atomic E-state index is 0.225. The Morgan fingerprint density at radius 2 is 1.32 bits per heavy atom. The monoisotopic (exact) mass is 435 g/mol. The molecule has 0 saturated heterocycles. The van der Waals surface area contributed by atoms with E-state index in [1.807, 2.05) is 0 Å². The SMILES string of the molecule is CCCCCCCCCCCC(=O)NCCN1CC=NC1CCCCCCCCCC. The fourth-order valence-electron chi connectivity index (χ4n) is 4.47. The van der Waals surface area contributed by atoms with Crippen molar-refractivity contribution in [3.8, 4) is 0 Å². The van der Waals surface area contributed by atoms with Gasteiger partial charge in [0.15, 0.2) is 0 Å². The Kier molecular flexibility index (Phi) is 19.0. The minimum Gasteiger partial charge on any atom is -0.355 e. The van der Waals surface area contributed by atoms with Crippen LogP contribution in [-0.2, 0) is 4.79 Å². The van der Waals surface area contributed by atoms with Crippen LogP contribution in [0.4, 0.5) is 0 Å². The highest BCUT2D eigenvalue weighted by atomic mass is 16.1. The Morgan fingerprint density at radius 3 is 1.90 bits per heavy atom. The molecule has 1 unspecified atom stereocenters. The number of nitrogens with one attached hydrogen (secondary N) is 1. The third-order valence-electron chi connectivity index (χ3n) is 6.56. The van der Waals surface area contributed by atoms with E-state index in [4.69, 9.17) is 0 Å². The third kappa shape index (κ3) is 16.4. The second-order valence-corrected chi connectivity index (χ2v) is 9.50. The van der Waals surface area contributed by atoms with Gasteiger partial charge in [0.2, 0.25) is 5.91 Å². The lowest BCUT2D eigenvalue weighted by Gasteiger charge is -2.23. The van der Waals surface area contributed by atoms with Crippen molar-refractivity contribution in [2.45, 2.75) is 142 Å². The summed E-state index contributed by atoms with van der Waals surface area (Å²) in [5, 5.41) is 3.12. The zero-order chi connectivity index (χ0) is 22.4. The van der Waals surface area contributed by atoms with Gasteiger partial charge in [-0.3, -0.25) is 14.7 Å². The van der Waals surface area contributed by atoms with Gasteiger partial charge in [-0.25, -0.2) is 0 Å². The van der Waals surface area contributed by atoms with E-state index in [0.29, 0.717) is 12.6 Å². The molecule has 0 saturated carbocycles. The van der Waals surface area contributed by atoms with Crippen LogP contribution in [0.1, 0.15) is 136 Å². The number of nitrogens with zero attached hydrogens (tertiary/aromatic N) is 2. The Balaban J connectivity index is 1.94. The van der Waals surface area contributed by atoms with Crippen LogP contribution in [0.2, 0.25) is 0 Å². The number of hydrogen-bond donors (Lipinski definition) is 1. The summed E-state index contributed by atoms with van der Waals surface area (Å²) in [4.78, 5) is 19.2. The lowest BCUT2D eigenvalue weighted by Crippen LogP contribution is -2.38. The van der Waals surface area contributed by atoms with Crippen LogP contribution < -0.4 is 5.32 Å². The minimum absolute atomic E-state index is 0.225. The summed E-state index contributed by atoms with van der Waals surface area (Å²) in [5.74, 6) is 0.225. The van der Waals surface area contributed by atoms with Gasteiger partial charge in [-0.1, -0.05) is 110 Å². The largest absolute Gasteiger partial charge is 0.355 e. The van der Waals surface area contributed by atoms with Gasteiger partial charge < -0.3 is 5.32 Å². The van der Waals surface area contributed by atoms with Crippen molar-refractivity contribution < 1.29 is 4.79 Å². The van der Waals surface area contributed by atoms with Crippen LogP contribution in [0.5, 0.6) is 0 Å². The van der Waals surface area contributed by atoms with E-state index < -0.39 is 0 Å². The third-order valence-corrected chi connectivity index (χ3v) is 6.56.